The van der Waals surface area contributed by atoms with E-state index in [1.807, 2.05) is 19.1 Å². The lowest BCUT2D eigenvalue weighted by molar-refractivity contribution is 0.0843. The lowest BCUT2D eigenvalue weighted by atomic mass is 10.0. The van der Waals surface area contributed by atoms with E-state index in [-0.39, 0.29) is 5.78 Å². The van der Waals surface area contributed by atoms with Crippen LogP contribution in [0.25, 0.3) is 0 Å². The standard InChI is InChI=1S/C17H24N2O/c1-13-3-6-16(14(2)11-13)17(20)12-18-7-9-19(10-8-18)15-4-5-15/h3,6,11,15H,4-5,7-10,12H2,1-2H3. The molecule has 1 saturated carbocycles. The lowest BCUT2D eigenvalue weighted by Gasteiger charge is -2.34. The van der Waals surface area contributed by atoms with Crippen molar-refractivity contribution in [3.05, 3.63) is 34.9 Å². The first-order chi connectivity index (χ1) is 9.63. The molecule has 0 atom stereocenters. The van der Waals surface area contributed by atoms with E-state index in [4.69, 9.17) is 0 Å². The Kier molecular flexibility index (Phi) is 3.90. The Morgan fingerprint density at radius 3 is 2.45 bits per heavy atom. The molecule has 3 nitrogen and oxygen atoms in total. The maximum atomic E-state index is 12.4. The van der Waals surface area contributed by atoms with E-state index in [9.17, 15) is 4.79 Å². The molecule has 0 spiro atoms. The summed E-state index contributed by atoms with van der Waals surface area (Å²) in [5.74, 6) is 0.266. The van der Waals surface area contributed by atoms with Crippen molar-refractivity contribution in [2.24, 2.45) is 0 Å². The van der Waals surface area contributed by atoms with Gasteiger partial charge in [-0.05, 0) is 32.3 Å². The molecule has 1 aromatic carbocycles. The molecular formula is C17H24N2O. The summed E-state index contributed by atoms with van der Waals surface area (Å²) in [6.45, 7) is 9.00. The summed E-state index contributed by atoms with van der Waals surface area (Å²) in [7, 11) is 0. The topological polar surface area (TPSA) is 23.6 Å². The van der Waals surface area contributed by atoms with Crippen LogP contribution in [0.5, 0.6) is 0 Å². The first-order valence-electron chi connectivity index (χ1n) is 7.70. The quantitative estimate of drug-likeness (QED) is 0.786. The third-order valence-corrected chi connectivity index (χ3v) is 4.52. The first kappa shape index (κ1) is 13.8. The van der Waals surface area contributed by atoms with Crippen LogP contribution in [0.4, 0.5) is 0 Å². The molecule has 1 saturated heterocycles. The number of nitrogens with zero attached hydrogens (tertiary/aromatic N) is 2. The minimum absolute atomic E-state index is 0.266. The highest BCUT2D eigenvalue weighted by atomic mass is 16.1. The third-order valence-electron chi connectivity index (χ3n) is 4.52. The van der Waals surface area contributed by atoms with Gasteiger partial charge in [-0.2, -0.15) is 0 Å². The van der Waals surface area contributed by atoms with E-state index in [0.29, 0.717) is 6.54 Å². The van der Waals surface area contributed by atoms with Crippen molar-refractivity contribution in [2.75, 3.05) is 32.7 Å². The van der Waals surface area contributed by atoms with Crippen LogP contribution in [0.1, 0.15) is 34.3 Å². The SMILES string of the molecule is Cc1ccc(C(=O)CN2CCN(C3CC3)CC2)c(C)c1. The number of aryl methyl sites for hydroxylation is 2. The number of benzene rings is 1. The van der Waals surface area contributed by atoms with Gasteiger partial charge in [0.2, 0.25) is 0 Å². The Hall–Kier alpha value is -1.19. The molecule has 108 valence electrons. The van der Waals surface area contributed by atoms with Gasteiger partial charge in [0, 0.05) is 37.8 Å². The number of hydrogen-bond donors (Lipinski definition) is 0. The summed E-state index contributed by atoms with van der Waals surface area (Å²) in [4.78, 5) is 17.3. The average molecular weight is 272 g/mol. The number of rotatable bonds is 4. The van der Waals surface area contributed by atoms with Crippen molar-refractivity contribution in [3.63, 3.8) is 0 Å². The van der Waals surface area contributed by atoms with E-state index in [0.717, 1.165) is 43.3 Å². The number of piperazine rings is 1. The summed E-state index contributed by atoms with van der Waals surface area (Å²) in [5, 5.41) is 0. The third kappa shape index (κ3) is 3.10. The van der Waals surface area contributed by atoms with Crippen LogP contribution < -0.4 is 0 Å². The Bertz CT molecular complexity index is 500. The molecule has 20 heavy (non-hydrogen) atoms. The highest BCUT2D eigenvalue weighted by Crippen LogP contribution is 2.27. The number of ketones is 1. The normalized spacial score (nSPS) is 21.1. The highest BCUT2D eigenvalue weighted by Gasteiger charge is 2.31. The van der Waals surface area contributed by atoms with Crippen LogP contribution in [0, 0.1) is 13.8 Å². The van der Waals surface area contributed by atoms with Gasteiger partial charge in [-0.15, -0.1) is 0 Å². The molecular weight excluding hydrogens is 248 g/mol. The second-order valence-electron chi connectivity index (χ2n) is 6.28. The van der Waals surface area contributed by atoms with Crippen LogP contribution in [0.2, 0.25) is 0 Å². The van der Waals surface area contributed by atoms with Gasteiger partial charge in [0.05, 0.1) is 6.54 Å². The van der Waals surface area contributed by atoms with Crippen molar-refractivity contribution in [3.8, 4) is 0 Å². The number of carbonyl (C=O) groups is 1. The number of Topliss-reactive ketones (excluding diaryl/α,β-unsaturated/α-hetero) is 1. The maximum Gasteiger partial charge on any atom is 0.177 e. The molecule has 3 rings (SSSR count). The molecule has 0 bridgehead atoms. The zero-order valence-corrected chi connectivity index (χ0v) is 12.6. The van der Waals surface area contributed by atoms with Crippen molar-refractivity contribution in [1.82, 2.24) is 9.80 Å². The Balaban J connectivity index is 1.56. The van der Waals surface area contributed by atoms with Gasteiger partial charge in [0.1, 0.15) is 0 Å². The predicted octanol–water partition coefficient (Wildman–Crippen LogP) is 2.27. The van der Waals surface area contributed by atoms with Gasteiger partial charge < -0.3 is 0 Å². The first-order valence-corrected chi connectivity index (χ1v) is 7.70. The van der Waals surface area contributed by atoms with E-state index >= 15 is 0 Å². The average Bonchev–Trinajstić information content (AvgIpc) is 3.23. The zero-order chi connectivity index (χ0) is 14.1. The van der Waals surface area contributed by atoms with E-state index in [2.05, 4.69) is 22.8 Å². The van der Waals surface area contributed by atoms with Gasteiger partial charge >= 0.3 is 0 Å². The number of carbonyl (C=O) groups excluding carboxylic acids is 1. The van der Waals surface area contributed by atoms with E-state index in [1.54, 1.807) is 0 Å². The molecule has 1 heterocycles. The molecule has 0 N–H and O–H groups in total. The molecule has 0 unspecified atom stereocenters. The Morgan fingerprint density at radius 1 is 1.15 bits per heavy atom. The minimum Gasteiger partial charge on any atom is -0.298 e. The van der Waals surface area contributed by atoms with Crippen molar-refractivity contribution in [2.45, 2.75) is 32.7 Å². The predicted molar refractivity (Wildman–Crippen MR) is 81.3 cm³/mol. The van der Waals surface area contributed by atoms with Gasteiger partial charge in [0.15, 0.2) is 5.78 Å². The second kappa shape index (κ2) is 5.66. The molecule has 2 aliphatic rings. The van der Waals surface area contributed by atoms with Crippen LogP contribution in [0.3, 0.4) is 0 Å². The zero-order valence-electron chi connectivity index (χ0n) is 12.6. The molecule has 0 radical (unpaired) electrons. The summed E-state index contributed by atoms with van der Waals surface area (Å²) in [5.41, 5.74) is 3.21. The Labute approximate surface area is 121 Å². The molecule has 3 heteroatoms. The molecule has 1 aliphatic heterocycles. The fourth-order valence-corrected chi connectivity index (χ4v) is 3.14. The summed E-state index contributed by atoms with van der Waals surface area (Å²) >= 11 is 0. The molecule has 2 fully saturated rings. The molecule has 0 amide bonds. The molecule has 1 aromatic rings. The van der Waals surface area contributed by atoms with E-state index < -0.39 is 0 Å². The fourth-order valence-electron chi connectivity index (χ4n) is 3.14. The van der Waals surface area contributed by atoms with Gasteiger partial charge in [0.25, 0.3) is 0 Å². The Morgan fingerprint density at radius 2 is 1.85 bits per heavy atom. The number of hydrogen-bond acceptors (Lipinski definition) is 3. The van der Waals surface area contributed by atoms with Crippen LogP contribution >= 0.6 is 0 Å². The van der Waals surface area contributed by atoms with Crippen LogP contribution in [-0.4, -0.2) is 54.3 Å². The van der Waals surface area contributed by atoms with Crippen molar-refractivity contribution in [1.29, 1.82) is 0 Å². The summed E-state index contributed by atoms with van der Waals surface area (Å²) in [6.07, 6.45) is 2.75. The van der Waals surface area contributed by atoms with Crippen LogP contribution in [-0.2, 0) is 0 Å². The fraction of sp³-hybridized carbons (Fsp3) is 0.588. The monoisotopic (exact) mass is 272 g/mol. The lowest BCUT2D eigenvalue weighted by Crippen LogP contribution is -2.48. The van der Waals surface area contributed by atoms with Crippen molar-refractivity contribution < 1.29 is 4.79 Å². The van der Waals surface area contributed by atoms with Gasteiger partial charge in [-0.25, -0.2) is 0 Å². The second-order valence-corrected chi connectivity index (χ2v) is 6.28. The van der Waals surface area contributed by atoms with Gasteiger partial charge in [-0.1, -0.05) is 23.8 Å². The summed E-state index contributed by atoms with van der Waals surface area (Å²) < 4.78 is 0. The summed E-state index contributed by atoms with van der Waals surface area (Å²) in [6, 6.07) is 6.96. The molecule has 0 aromatic heterocycles. The van der Waals surface area contributed by atoms with Gasteiger partial charge in [-0.3, -0.25) is 14.6 Å². The minimum atomic E-state index is 0.266. The van der Waals surface area contributed by atoms with Crippen LogP contribution in [0.15, 0.2) is 18.2 Å². The molecule has 1 aliphatic carbocycles. The maximum absolute atomic E-state index is 12.4. The van der Waals surface area contributed by atoms with Crippen molar-refractivity contribution >= 4 is 5.78 Å². The smallest absolute Gasteiger partial charge is 0.177 e. The highest BCUT2D eigenvalue weighted by molar-refractivity contribution is 5.99. The largest absolute Gasteiger partial charge is 0.298 e. The van der Waals surface area contributed by atoms with E-state index in [1.165, 1.54) is 18.4 Å².